The molecule has 3 aromatic carbocycles. The van der Waals surface area contributed by atoms with E-state index >= 15 is 0 Å². The zero-order valence-electron chi connectivity index (χ0n) is 22.3. The second kappa shape index (κ2) is 12.2. The molecule has 2 aliphatic carbocycles. The van der Waals surface area contributed by atoms with Crippen molar-refractivity contribution < 1.29 is 28.5 Å². The van der Waals surface area contributed by atoms with E-state index in [2.05, 4.69) is 48.9 Å². The van der Waals surface area contributed by atoms with Gasteiger partial charge in [-0.05, 0) is 70.8 Å². The molecular weight excluding hydrogens is 516 g/mol. The van der Waals surface area contributed by atoms with E-state index < -0.39 is 17.4 Å². The van der Waals surface area contributed by atoms with Crippen molar-refractivity contribution in [2.45, 2.75) is 5.41 Å². The predicted octanol–water partition coefficient (Wildman–Crippen LogP) is 5.48. The summed E-state index contributed by atoms with van der Waals surface area (Å²) in [5.41, 5.74) is 11.7. The second-order valence-corrected chi connectivity index (χ2v) is 9.02. The van der Waals surface area contributed by atoms with Gasteiger partial charge in [-0.1, -0.05) is 61.0 Å². The van der Waals surface area contributed by atoms with Crippen LogP contribution in [0.5, 0.6) is 11.5 Å². The summed E-state index contributed by atoms with van der Waals surface area (Å²) in [6.45, 7) is 7.47. The van der Waals surface area contributed by atoms with Gasteiger partial charge in [0, 0.05) is 23.3 Å². The maximum absolute atomic E-state index is 11.3. The lowest BCUT2D eigenvalue weighted by Crippen LogP contribution is -2.28. The number of ether oxygens (including phenoxy) is 4. The summed E-state index contributed by atoms with van der Waals surface area (Å²) in [4.78, 5) is 22.5. The molecule has 202 valence electrons. The van der Waals surface area contributed by atoms with Crippen molar-refractivity contribution >= 4 is 17.5 Å². The van der Waals surface area contributed by atoms with Crippen LogP contribution in [-0.2, 0) is 24.5 Å². The van der Waals surface area contributed by atoms with Gasteiger partial charge in [0.1, 0.15) is 37.9 Å². The smallest absolute Gasteiger partial charge is 0.330 e. The highest BCUT2D eigenvalue weighted by Crippen LogP contribution is 2.57. The molecule has 0 unspecified atom stereocenters. The summed E-state index contributed by atoms with van der Waals surface area (Å²) in [6.07, 6.45) is 6.18. The Hall–Kier alpha value is -5.46. The number of rotatable bonds is 12. The van der Waals surface area contributed by atoms with Gasteiger partial charge in [-0.2, -0.15) is 0 Å². The summed E-state index contributed by atoms with van der Waals surface area (Å²) in [7, 11) is 0. The monoisotopic (exact) mass is 542 g/mol. The molecule has 0 bridgehead atoms. The Labute approximate surface area is 238 Å². The molecule has 0 radical (unpaired) electrons. The summed E-state index contributed by atoms with van der Waals surface area (Å²) in [6, 6.07) is 26.1. The van der Waals surface area contributed by atoms with E-state index in [1.54, 1.807) is 0 Å². The number of carbonyl (C=O) groups excluding carboxylic acids is 2. The van der Waals surface area contributed by atoms with Gasteiger partial charge >= 0.3 is 11.9 Å². The third-order valence-corrected chi connectivity index (χ3v) is 6.76. The summed E-state index contributed by atoms with van der Waals surface area (Å²) in [5.74, 6) is 0.331. The normalized spacial score (nSPS) is 13.5. The molecule has 0 heterocycles. The first-order valence-electron chi connectivity index (χ1n) is 13.0. The van der Waals surface area contributed by atoms with E-state index in [-0.39, 0.29) is 26.4 Å². The summed E-state index contributed by atoms with van der Waals surface area (Å²) < 4.78 is 21.6. The third kappa shape index (κ3) is 5.37. The molecule has 0 spiro atoms. The largest absolute Gasteiger partial charge is 0.490 e. The van der Waals surface area contributed by atoms with Crippen molar-refractivity contribution in [3.8, 4) is 11.5 Å². The van der Waals surface area contributed by atoms with Crippen LogP contribution in [-0.4, -0.2) is 38.4 Å². The molecule has 6 heteroatoms. The van der Waals surface area contributed by atoms with Gasteiger partial charge in [0.2, 0.25) is 0 Å². The van der Waals surface area contributed by atoms with Crippen LogP contribution in [0.2, 0.25) is 0 Å². The Kier molecular flexibility index (Phi) is 8.04. The maximum Gasteiger partial charge on any atom is 0.330 e. The van der Waals surface area contributed by atoms with Crippen LogP contribution >= 0.6 is 0 Å². The third-order valence-electron chi connectivity index (χ3n) is 6.76. The van der Waals surface area contributed by atoms with Gasteiger partial charge in [-0.25, -0.2) is 9.59 Å². The minimum Gasteiger partial charge on any atom is -0.490 e. The van der Waals surface area contributed by atoms with E-state index in [4.69, 9.17) is 18.9 Å². The van der Waals surface area contributed by atoms with Gasteiger partial charge in [0.25, 0.3) is 0 Å². The molecule has 0 fully saturated rings. The Morgan fingerprint density at radius 1 is 0.780 bits per heavy atom. The van der Waals surface area contributed by atoms with E-state index in [0.29, 0.717) is 11.5 Å². The molecule has 0 aliphatic heterocycles. The molecule has 41 heavy (non-hydrogen) atoms. The Morgan fingerprint density at radius 2 is 1.34 bits per heavy atom. The Morgan fingerprint density at radius 3 is 1.88 bits per heavy atom. The van der Waals surface area contributed by atoms with Crippen molar-refractivity contribution in [2.75, 3.05) is 26.4 Å². The number of fused-ring (bicyclic) bond motifs is 3. The van der Waals surface area contributed by atoms with Crippen molar-refractivity contribution in [3.05, 3.63) is 150 Å². The van der Waals surface area contributed by atoms with Crippen molar-refractivity contribution in [3.63, 3.8) is 0 Å². The van der Waals surface area contributed by atoms with Gasteiger partial charge in [0.15, 0.2) is 0 Å². The number of esters is 2. The topological polar surface area (TPSA) is 71.1 Å². The standard InChI is InChI=1S/C35H26O6/c1-3-33(36)40-23-21-38-27-17-13-25(14-18-27)35(26-15-19-28(20-16-26)39-22-24-41-34(37)4-2)31-11-7-5-9-29(31)30-10-6-8-12-32(30)35/h3-4,7-8,11-20H,1-2,21-24H2. The van der Waals surface area contributed by atoms with Crippen LogP contribution in [0, 0.1) is 12.1 Å². The Balaban J connectivity index is 1.48. The zero-order valence-corrected chi connectivity index (χ0v) is 22.3. The highest BCUT2D eigenvalue weighted by molar-refractivity contribution is 5.94. The highest BCUT2D eigenvalue weighted by Gasteiger charge is 2.48. The van der Waals surface area contributed by atoms with Crippen molar-refractivity contribution in [1.82, 2.24) is 0 Å². The second-order valence-electron chi connectivity index (χ2n) is 9.02. The minimum atomic E-state index is -0.669. The van der Waals surface area contributed by atoms with E-state index in [9.17, 15) is 9.59 Å². The zero-order chi connectivity index (χ0) is 28.7. The molecule has 2 aliphatic rings. The lowest BCUT2D eigenvalue weighted by atomic mass is 9.67. The van der Waals surface area contributed by atoms with Gasteiger partial charge < -0.3 is 18.9 Å². The van der Waals surface area contributed by atoms with Crippen molar-refractivity contribution in [2.24, 2.45) is 0 Å². The van der Waals surface area contributed by atoms with E-state index in [1.807, 2.05) is 60.7 Å². The van der Waals surface area contributed by atoms with Crippen LogP contribution < -0.4 is 9.47 Å². The first-order valence-corrected chi connectivity index (χ1v) is 13.0. The SMILES string of the molecule is C=CC(=O)OCCOc1ccc(C2(c3ccc(OCCOC(=O)C=C)cc3)C3=CC=C=C=C3c3c#cccc32)cc1. The van der Waals surface area contributed by atoms with Crippen LogP contribution in [0.4, 0.5) is 0 Å². The average molecular weight is 543 g/mol. The van der Waals surface area contributed by atoms with E-state index in [0.717, 1.165) is 45.6 Å². The van der Waals surface area contributed by atoms with Gasteiger partial charge in [-0.3, -0.25) is 0 Å². The van der Waals surface area contributed by atoms with Gasteiger partial charge in [-0.15, -0.1) is 0 Å². The average Bonchev–Trinajstić information content (AvgIpc) is 3.33. The number of hydrogen-bond donors (Lipinski definition) is 0. The maximum atomic E-state index is 11.3. The number of benzene rings is 2. The minimum absolute atomic E-state index is 0.126. The summed E-state index contributed by atoms with van der Waals surface area (Å²) in [5, 5.41) is 0. The molecular formula is C35H26O6. The van der Waals surface area contributed by atoms with Crippen LogP contribution in [0.3, 0.4) is 0 Å². The molecule has 0 amide bonds. The van der Waals surface area contributed by atoms with Crippen LogP contribution in [0.15, 0.2) is 115 Å². The quantitative estimate of drug-likeness (QED) is 0.131. The molecule has 0 atom stereocenters. The molecule has 0 aromatic heterocycles. The molecule has 6 nitrogen and oxygen atoms in total. The van der Waals surface area contributed by atoms with Gasteiger partial charge in [0.05, 0.1) is 5.41 Å². The first kappa shape index (κ1) is 27.1. The first-order chi connectivity index (χ1) is 20.1. The molecule has 0 saturated heterocycles. The van der Waals surface area contributed by atoms with Crippen LogP contribution in [0.1, 0.15) is 22.3 Å². The number of hydrogen-bond acceptors (Lipinski definition) is 6. The van der Waals surface area contributed by atoms with Crippen LogP contribution in [0.25, 0.3) is 5.57 Å². The highest BCUT2D eigenvalue weighted by atomic mass is 16.6. The summed E-state index contributed by atoms with van der Waals surface area (Å²) >= 11 is 0. The fraction of sp³-hybridized carbons (Fsp3) is 0.143. The van der Waals surface area contributed by atoms with Crippen molar-refractivity contribution in [1.29, 1.82) is 0 Å². The lowest BCUT2D eigenvalue weighted by molar-refractivity contribution is -0.139. The Bertz CT molecular complexity index is 1540. The molecule has 5 rings (SSSR count). The van der Waals surface area contributed by atoms with E-state index in [1.165, 1.54) is 0 Å². The fourth-order valence-electron chi connectivity index (χ4n) is 5.06. The number of carbonyl (C=O) groups is 2. The predicted molar refractivity (Wildman–Crippen MR) is 153 cm³/mol. The number of allylic oxidation sites excluding steroid dienone is 4. The lowest BCUT2D eigenvalue weighted by Gasteiger charge is -2.34. The molecule has 0 saturated carbocycles. The molecule has 0 N–H and O–H groups in total. The molecule has 3 aromatic rings. The fourth-order valence-corrected chi connectivity index (χ4v) is 5.06.